The van der Waals surface area contributed by atoms with Gasteiger partial charge in [0.2, 0.25) is 0 Å². The number of nitrogens with two attached hydrogens (primary N) is 1. The van der Waals surface area contributed by atoms with E-state index in [1.54, 1.807) is 7.05 Å². The summed E-state index contributed by atoms with van der Waals surface area (Å²) < 4.78 is 0. The topological polar surface area (TPSA) is 55.1 Å². The molecule has 1 atom stereocenters. The highest BCUT2D eigenvalue weighted by Crippen LogP contribution is 2.02. The van der Waals surface area contributed by atoms with Crippen molar-refractivity contribution in [2.75, 3.05) is 14.1 Å². The number of rotatable bonds is 3. The minimum atomic E-state index is -0.104. The van der Waals surface area contributed by atoms with Gasteiger partial charge >= 0.3 is 0 Å². The molecule has 1 aromatic carbocycles. The van der Waals surface area contributed by atoms with Crippen molar-refractivity contribution in [3.05, 3.63) is 35.9 Å². The van der Waals surface area contributed by atoms with Crippen LogP contribution in [0.4, 0.5) is 0 Å². The SMILES string of the molecule is CN.CNC(C)C(=O)c1ccccc1.Cl. The highest BCUT2D eigenvalue weighted by atomic mass is 35.5. The van der Waals surface area contributed by atoms with Crippen molar-refractivity contribution in [1.82, 2.24) is 5.32 Å². The van der Waals surface area contributed by atoms with E-state index in [-0.39, 0.29) is 24.2 Å². The van der Waals surface area contributed by atoms with Crippen LogP contribution in [0.5, 0.6) is 0 Å². The molecule has 0 amide bonds. The van der Waals surface area contributed by atoms with Gasteiger partial charge < -0.3 is 11.1 Å². The van der Waals surface area contributed by atoms with Crippen LogP contribution in [0.3, 0.4) is 0 Å². The number of carbonyl (C=O) groups is 1. The molecule has 1 unspecified atom stereocenters. The molecule has 0 saturated heterocycles. The average Bonchev–Trinajstić information content (AvgIpc) is 2.31. The largest absolute Gasteiger partial charge is 0.333 e. The van der Waals surface area contributed by atoms with Gasteiger partial charge in [-0.1, -0.05) is 30.3 Å². The summed E-state index contributed by atoms with van der Waals surface area (Å²) in [6.07, 6.45) is 0. The number of ketones is 1. The van der Waals surface area contributed by atoms with Gasteiger partial charge in [0.15, 0.2) is 5.78 Å². The lowest BCUT2D eigenvalue weighted by atomic mass is 10.1. The van der Waals surface area contributed by atoms with Crippen molar-refractivity contribution < 1.29 is 4.79 Å². The predicted octanol–water partition coefficient (Wildman–Crippen LogP) is 1.47. The first kappa shape index (κ1) is 16.5. The molecule has 0 saturated carbocycles. The third-order valence-corrected chi connectivity index (χ3v) is 1.88. The van der Waals surface area contributed by atoms with Crippen LogP contribution < -0.4 is 11.1 Å². The molecule has 0 bridgehead atoms. The maximum absolute atomic E-state index is 11.5. The Kier molecular flexibility index (Phi) is 10.6. The lowest BCUT2D eigenvalue weighted by Gasteiger charge is -2.07. The fraction of sp³-hybridized carbons (Fsp3) is 0.364. The van der Waals surface area contributed by atoms with Gasteiger partial charge in [-0.3, -0.25) is 4.79 Å². The van der Waals surface area contributed by atoms with Gasteiger partial charge in [-0.2, -0.15) is 0 Å². The monoisotopic (exact) mass is 230 g/mol. The zero-order valence-corrected chi connectivity index (χ0v) is 10.2. The van der Waals surface area contributed by atoms with Crippen molar-refractivity contribution in [3.63, 3.8) is 0 Å². The Hall–Kier alpha value is -0.900. The van der Waals surface area contributed by atoms with Crippen molar-refractivity contribution in [1.29, 1.82) is 0 Å². The number of Topliss-reactive ketones (excluding diaryl/α,β-unsaturated/α-hetero) is 1. The van der Waals surface area contributed by atoms with Crippen LogP contribution in [0, 0.1) is 0 Å². The fourth-order valence-electron chi connectivity index (χ4n) is 0.984. The van der Waals surface area contributed by atoms with E-state index in [0.29, 0.717) is 0 Å². The Morgan fingerprint density at radius 3 is 2.13 bits per heavy atom. The number of hydrogen-bond acceptors (Lipinski definition) is 3. The Morgan fingerprint density at radius 1 is 1.27 bits per heavy atom. The van der Waals surface area contributed by atoms with E-state index < -0.39 is 0 Å². The molecule has 0 aliphatic rings. The number of likely N-dealkylation sites (N-methyl/N-ethyl adjacent to an activating group) is 1. The summed E-state index contributed by atoms with van der Waals surface area (Å²) in [5, 5.41) is 2.91. The summed E-state index contributed by atoms with van der Waals surface area (Å²) in [5.74, 6) is 0.137. The summed E-state index contributed by atoms with van der Waals surface area (Å²) in [4.78, 5) is 11.5. The third kappa shape index (κ3) is 5.52. The highest BCUT2D eigenvalue weighted by molar-refractivity contribution is 5.99. The van der Waals surface area contributed by atoms with Gasteiger partial charge in [0.05, 0.1) is 6.04 Å². The van der Waals surface area contributed by atoms with Crippen LogP contribution >= 0.6 is 12.4 Å². The maximum atomic E-state index is 11.5. The molecule has 15 heavy (non-hydrogen) atoms. The maximum Gasteiger partial charge on any atom is 0.179 e. The normalized spacial score (nSPS) is 10.4. The second kappa shape index (κ2) is 9.65. The molecule has 0 spiro atoms. The summed E-state index contributed by atoms with van der Waals surface area (Å²) in [7, 11) is 3.28. The number of nitrogens with one attached hydrogen (secondary N) is 1. The van der Waals surface area contributed by atoms with E-state index in [9.17, 15) is 4.79 Å². The fourth-order valence-corrected chi connectivity index (χ4v) is 0.984. The summed E-state index contributed by atoms with van der Waals surface area (Å²) in [6, 6.07) is 9.20. The molecule has 0 aliphatic heterocycles. The molecule has 0 aromatic heterocycles. The standard InChI is InChI=1S/C10H13NO.CH5N.ClH/c1-8(11-2)10(12)9-6-4-3-5-7-9;1-2;/h3-8,11H,1-2H3;2H2,1H3;1H. The molecule has 1 rings (SSSR count). The third-order valence-electron chi connectivity index (χ3n) is 1.88. The molecule has 3 nitrogen and oxygen atoms in total. The molecular formula is C11H19ClN2O. The van der Waals surface area contributed by atoms with Crippen molar-refractivity contribution >= 4 is 18.2 Å². The number of benzene rings is 1. The van der Waals surface area contributed by atoms with Gasteiger partial charge in [-0.15, -0.1) is 12.4 Å². The van der Waals surface area contributed by atoms with Crippen molar-refractivity contribution in [2.24, 2.45) is 5.73 Å². The van der Waals surface area contributed by atoms with Crippen LogP contribution in [0.25, 0.3) is 0 Å². The lowest BCUT2D eigenvalue weighted by Crippen LogP contribution is -2.30. The van der Waals surface area contributed by atoms with Crippen LogP contribution in [-0.2, 0) is 0 Å². The smallest absolute Gasteiger partial charge is 0.179 e. The average molecular weight is 231 g/mol. The second-order valence-corrected chi connectivity index (χ2v) is 2.74. The first-order valence-electron chi connectivity index (χ1n) is 4.60. The Labute approximate surface area is 97.5 Å². The van der Waals surface area contributed by atoms with Crippen LogP contribution in [0.15, 0.2) is 30.3 Å². The number of hydrogen-bond donors (Lipinski definition) is 2. The van der Waals surface area contributed by atoms with Gasteiger partial charge in [-0.05, 0) is 21.0 Å². The van der Waals surface area contributed by atoms with Crippen LogP contribution in [0.1, 0.15) is 17.3 Å². The predicted molar refractivity (Wildman–Crippen MR) is 66.7 cm³/mol. The quantitative estimate of drug-likeness (QED) is 0.774. The zero-order chi connectivity index (χ0) is 11.0. The molecule has 0 fully saturated rings. The molecule has 3 N–H and O–H groups in total. The zero-order valence-electron chi connectivity index (χ0n) is 9.36. The van der Waals surface area contributed by atoms with Gasteiger partial charge in [-0.25, -0.2) is 0 Å². The minimum absolute atomic E-state index is 0. The molecular weight excluding hydrogens is 212 g/mol. The van der Waals surface area contributed by atoms with Crippen molar-refractivity contribution in [3.8, 4) is 0 Å². The van der Waals surface area contributed by atoms with Gasteiger partial charge in [0.25, 0.3) is 0 Å². The lowest BCUT2D eigenvalue weighted by molar-refractivity contribution is 0.0955. The molecule has 0 radical (unpaired) electrons. The van der Waals surface area contributed by atoms with Crippen LogP contribution in [0.2, 0.25) is 0 Å². The molecule has 0 aliphatic carbocycles. The Balaban J connectivity index is 0. The molecule has 86 valence electrons. The molecule has 0 heterocycles. The van der Waals surface area contributed by atoms with E-state index >= 15 is 0 Å². The summed E-state index contributed by atoms with van der Waals surface area (Å²) in [5.41, 5.74) is 5.26. The van der Waals surface area contributed by atoms with Gasteiger partial charge in [0, 0.05) is 5.56 Å². The first-order valence-corrected chi connectivity index (χ1v) is 4.60. The Bertz CT molecular complexity index is 265. The first-order chi connectivity index (χ1) is 6.75. The van der Waals surface area contributed by atoms with E-state index in [4.69, 9.17) is 0 Å². The van der Waals surface area contributed by atoms with E-state index in [2.05, 4.69) is 11.1 Å². The van der Waals surface area contributed by atoms with Crippen molar-refractivity contribution in [2.45, 2.75) is 13.0 Å². The summed E-state index contributed by atoms with van der Waals surface area (Å²) in [6.45, 7) is 1.86. The second-order valence-electron chi connectivity index (χ2n) is 2.74. The van der Waals surface area contributed by atoms with Crippen LogP contribution in [-0.4, -0.2) is 25.9 Å². The Morgan fingerprint density at radius 2 is 1.73 bits per heavy atom. The number of halogens is 1. The minimum Gasteiger partial charge on any atom is -0.333 e. The molecule has 1 aromatic rings. The van der Waals surface area contributed by atoms with Gasteiger partial charge in [0.1, 0.15) is 0 Å². The van der Waals surface area contributed by atoms with E-state index in [0.717, 1.165) is 5.56 Å². The summed E-state index contributed by atoms with van der Waals surface area (Å²) >= 11 is 0. The van der Waals surface area contributed by atoms with E-state index in [1.807, 2.05) is 37.3 Å². The highest BCUT2D eigenvalue weighted by Gasteiger charge is 2.11. The van der Waals surface area contributed by atoms with E-state index in [1.165, 1.54) is 7.05 Å². The molecule has 4 heteroatoms. The number of carbonyl (C=O) groups excluding carboxylic acids is 1.